The van der Waals surface area contributed by atoms with Gasteiger partial charge in [0.1, 0.15) is 11.5 Å². The van der Waals surface area contributed by atoms with Gasteiger partial charge in [-0.3, -0.25) is 0 Å². The van der Waals surface area contributed by atoms with Crippen molar-refractivity contribution in [3.05, 3.63) is 59.7 Å². The molecule has 0 atom stereocenters. The van der Waals surface area contributed by atoms with Crippen molar-refractivity contribution in [1.29, 1.82) is 5.41 Å². The van der Waals surface area contributed by atoms with Gasteiger partial charge in [0.2, 0.25) is 0 Å². The second kappa shape index (κ2) is 10.4. The molecule has 0 amide bonds. The van der Waals surface area contributed by atoms with Gasteiger partial charge in [0.25, 0.3) is 0 Å². The van der Waals surface area contributed by atoms with Crippen LogP contribution in [0.3, 0.4) is 0 Å². The van der Waals surface area contributed by atoms with Crippen LogP contribution >= 0.6 is 0 Å². The second-order valence-electron chi connectivity index (χ2n) is 5.65. The molecule has 24 heavy (non-hydrogen) atoms. The molecule has 0 aromatic heterocycles. The van der Waals surface area contributed by atoms with Gasteiger partial charge in [0, 0.05) is 6.21 Å². The number of rotatable bonds is 11. The average Bonchev–Trinajstić information content (AvgIpc) is 2.63. The van der Waals surface area contributed by atoms with Crippen LogP contribution in [0.5, 0.6) is 11.5 Å². The second-order valence-corrected chi connectivity index (χ2v) is 5.65. The van der Waals surface area contributed by atoms with E-state index in [1.54, 1.807) is 0 Å². The first kappa shape index (κ1) is 18.0. The zero-order valence-corrected chi connectivity index (χ0v) is 14.0. The molecule has 0 aliphatic rings. The zero-order valence-electron chi connectivity index (χ0n) is 14.0. The molecule has 128 valence electrons. The molecule has 0 radical (unpaired) electrons. The average molecular weight is 326 g/mol. The van der Waals surface area contributed by atoms with Crippen molar-refractivity contribution >= 4 is 6.21 Å². The van der Waals surface area contributed by atoms with Gasteiger partial charge in [-0.25, -0.2) is 0 Å². The molecule has 0 aliphatic heterocycles. The molecule has 0 bridgehead atoms. The highest BCUT2D eigenvalue weighted by molar-refractivity contribution is 5.76. The number of ether oxygens (including phenoxy) is 2. The minimum Gasteiger partial charge on any atom is -0.494 e. The van der Waals surface area contributed by atoms with Gasteiger partial charge in [-0.2, -0.15) is 0 Å². The van der Waals surface area contributed by atoms with Crippen LogP contribution in [0.4, 0.5) is 0 Å². The first-order valence-electron chi connectivity index (χ1n) is 8.47. The summed E-state index contributed by atoms with van der Waals surface area (Å²) in [4.78, 5) is 0. The van der Waals surface area contributed by atoms with Gasteiger partial charge >= 0.3 is 0 Å². The maximum Gasteiger partial charge on any atom is 0.119 e. The number of unbranched alkanes of at least 4 members (excludes halogenated alkanes) is 2. The summed E-state index contributed by atoms with van der Waals surface area (Å²) in [5, 5.41) is 7.16. The predicted molar refractivity (Wildman–Crippen MR) is 98.4 cm³/mol. The van der Waals surface area contributed by atoms with Gasteiger partial charge in [-0.15, -0.1) is 0 Å². The molecule has 2 aromatic carbocycles. The predicted octanol–water partition coefficient (Wildman–Crippen LogP) is 3.81. The molecule has 0 spiro atoms. The third-order valence-corrected chi connectivity index (χ3v) is 3.73. The maximum atomic E-state index is 7.16. The Balaban J connectivity index is 1.53. The van der Waals surface area contributed by atoms with E-state index in [0.717, 1.165) is 49.4 Å². The highest BCUT2D eigenvalue weighted by Crippen LogP contribution is 2.14. The monoisotopic (exact) mass is 326 g/mol. The van der Waals surface area contributed by atoms with E-state index in [4.69, 9.17) is 20.6 Å². The summed E-state index contributed by atoms with van der Waals surface area (Å²) in [6, 6.07) is 15.7. The third kappa shape index (κ3) is 6.42. The van der Waals surface area contributed by atoms with Crippen LogP contribution in [0, 0.1) is 5.41 Å². The van der Waals surface area contributed by atoms with E-state index >= 15 is 0 Å². The van der Waals surface area contributed by atoms with Crippen molar-refractivity contribution in [2.75, 3.05) is 19.8 Å². The van der Waals surface area contributed by atoms with E-state index < -0.39 is 0 Å². The summed E-state index contributed by atoms with van der Waals surface area (Å²) in [6.07, 6.45) is 5.33. The Kier molecular flexibility index (Phi) is 7.84. The van der Waals surface area contributed by atoms with Crippen molar-refractivity contribution in [1.82, 2.24) is 0 Å². The molecule has 0 fully saturated rings. The molecule has 4 nitrogen and oxygen atoms in total. The summed E-state index contributed by atoms with van der Waals surface area (Å²) in [5.74, 6) is 1.77. The van der Waals surface area contributed by atoms with Crippen LogP contribution in [0.2, 0.25) is 0 Å². The molecule has 3 N–H and O–H groups in total. The van der Waals surface area contributed by atoms with Crippen LogP contribution in [0.25, 0.3) is 0 Å². The van der Waals surface area contributed by atoms with Crippen molar-refractivity contribution in [3.63, 3.8) is 0 Å². The molecular formula is C20H26N2O2. The fourth-order valence-electron chi connectivity index (χ4n) is 2.34. The van der Waals surface area contributed by atoms with Gasteiger partial charge in [0.15, 0.2) is 0 Å². The standard InChI is InChI=1S/C20H26N2O2/c21-13-12-17-4-8-19(9-5-17)23-14-2-1-3-15-24-20-10-6-18(16-22)7-11-20/h4-11,16,22H,1-3,12-15,21H2. The Bertz CT molecular complexity index is 594. The largest absolute Gasteiger partial charge is 0.494 e. The number of nitrogens with one attached hydrogen (secondary N) is 1. The lowest BCUT2D eigenvalue weighted by atomic mass is 10.1. The summed E-state index contributed by atoms with van der Waals surface area (Å²) in [6.45, 7) is 2.11. The summed E-state index contributed by atoms with van der Waals surface area (Å²) < 4.78 is 11.4. The molecule has 0 unspecified atom stereocenters. The molecule has 0 heterocycles. The van der Waals surface area contributed by atoms with E-state index in [-0.39, 0.29) is 0 Å². The van der Waals surface area contributed by atoms with Crippen molar-refractivity contribution in [3.8, 4) is 11.5 Å². The lowest BCUT2D eigenvalue weighted by Crippen LogP contribution is -2.03. The maximum absolute atomic E-state index is 7.16. The van der Waals surface area contributed by atoms with Gasteiger partial charge in [-0.1, -0.05) is 12.1 Å². The summed E-state index contributed by atoms with van der Waals surface area (Å²) in [5.41, 5.74) is 7.67. The number of benzene rings is 2. The summed E-state index contributed by atoms with van der Waals surface area (Å²) >= 11 is 0. The van der Waals surface area contributed by atoms with Crippen LogP contribution in [0.15, 0.2) is 48.5 Å². The Morgan fingerprint density at radius 2 is 1.33 bits per heavy atom. The minimum absolute atomic E-state index is 0.676. The first-order valence-corrected chi connectivity index (χ1v) is 8.47. The van der Waals surface area contributed by atoms with Gasteiger partial charge < -0.3 is 20.6 Å². The third-order valence-electron chi connectivity index (χ3n) is 3.73. The van der Waals surface area contributed by atoms with Crippen molar-refractivity contribution in [2.45, 2.75) is 25.7 Å². The Morgan fingerprint density at radius 1 is 0.792 bits per heavy atom. The Hall–Kier alpha value is -2.33. The highest BCUT2D eigenvalue weighted by Gasteiger charge is 1.97. The fraction of sp³-hybridized carbons (Fsp3) is 0.350. The zero-order chi connectivity index (χ0) is 17.0. The number of nitrogens with two attached hydrogens (primary N) is 1. The quantitative estimate of drug-likeness (QED) is 0.487. The van der Waals surface area contributed by atoms with E-state index in [2.05, 4.69) is 12.1 Å². The minimum atomic E-state index is 0.676. The highest BCUT2D eigenvalue weighted by atomic mass is 16.5. The smallest absolute Gasteiger partial charge is 0.119 e. The van der Waals surface area contributed by atoms with Gasteiger partial charge in [-0.05, 0) is 79.8 Å². The molecule has 4 heteroatoms. The lowest BCUT2D eigenvalue weighted by molar-refractivity contribution is 0.279. The molecule has 2 rings (SSSR count). The molecule has 0 saturated carbocycles. The Morgan fingerprint density at radius 3 is 1.83 bits per heavy atom. The van der Waals surface area contributed by atoms with E-state index in [0.29, 0.717) is 13.2 Å². The first-order chi connectivity index (χ1) is 11.8. The van der Waals surface area contributed by atoms with E-state index in [9.17, 15) is 0 Å². The Labute approximate surface area is 144 Å². The van der Waals surface area contributed by atoms with Crippen LogP contribution in [-0.2, 0) is 6.42 Å². The number of hydrogen-bond donors (Lipinski definition) is 2. The normalized spacial score (nSPS) is 10.4. The SMILES string of the molecule is N=Cc1ccc(OCCCCCOc2ccc(CCN)cc2)cc1. The molecule has 0 aliphatic carbocycles. The van der Waals surface area contributed by atoms with Crippen LogP contribution in [-0.4, -0.2) is 26.0 Å². The number of hydrogen-bond acceptors (Lipinski definition) is 4. The molecule has 0 saturated heterocycles. The summed E-state index contributed by atoms with van der Waals surface area (Å²) in [7, 11) is 0. The topological polar surface area (TPSA) is 68.3 Å². The van der Waals surface area contributed by atoms with Gasteiger partial charge in [0.05, 0.1) is 13.2 Å². The van der Waals surface area contributed by atoms with Crippen molar-refractivity contribution in [2.24, 2.45) is 5.73 Å². The molecular weight excluding hydrogens is 300 g/mol. The molecule has 2 aromatic rings. The van der Waals surface area contributed by atoms with Crippen molar-refractivity contribution < 1.29 is 9.47 Å². The fourth-order valence-corrected chi connectivity index (χ4v) is 2.34. The van der Waals surface area contributed by atoms with E-state index in [1.807, 2.05) is 36.4 Å². The lowest BCUT2D eigenvalue weighted by Gasteiger charge is -2.08. The van der Waals surface area contributed by atoms with Crippen LogP contribution in [0.1, 0.15) is 30.4 Å². The van der Waals surface area contributed by atoms with E-state index in [1.165, 1.54) is 11.8 Å². The van der Waals surface area contributed by atoms with Crippen LogP contribution < -0.4 is 15.2 Å².